The summed E-state index contributed by atoms with van der Waals surface area (Å²) >= 11 is 0. The molecule has 0 radical (unpaired) electrons. The summed E-state index contributed by atoms with van der Waals surface area (Å²) in [6.07, 6.45) is 6.87. The second kappa shape index (κ2) is 4.49. The van der Waals surface area contributed by atoms with Crippen molar-refractivity contribution in [3.63, 3.8) is 0 Å². The van der Waals surface area contributed by atoms with E-state index >= 15 is 0 Å². The lowest BCUT2D eigenvalue weighted by molar-refractivity contribution is -0.117. The fraction of sp³-hybridized carbons (Fsp3) is 0.211. The summed E-state index contributed by atoms with van der Waals surface area (Å²) in [5.41, 5.74) is 6.23. The second-order valence-corrected chi connectivity index (χ2v) is 5.75. The van der Waals surface area contributed by atoms with Crippen molar-refractivity contribution in [2.75, 3.05) is 11.4 Å². The van der Waals surface area contributed by atoms with Gasteiger partial charge in [0, 0.05) is 24.6 Å². The maximum atomic E-state index is 12.1. The fourth-order valence-corrected chi connectivity index (χ4v) is 3.37. The number of benzene rings is 2. The standard InChI is InChI=1S/C19H15NO/c1-2-13-9-19(21)20(12-13)16-7-8-18-15(11-16)10-14-5-3-4-6-17(14)18/h1,3-8,11,13H,9-10,12H2. The third-order valence-corrected chi connectivity index (χ3v) is 4.45. The van der Waals surface area contributed by atoms with Gasteiger partial charge in [-0.15, -0.1) is 12.3 Å². The van der Waals surface area contributed by atoms with Gasteiger partial charge in [-0.25, -0.2) is 0 Å². The first-order chi connectivity index (χ1) is 10.3. The Hall–Kier alpha value is -2.53. The highest BCUT2D eigenvalue weighted by molar-refractivity contribution is 5.96. The van der Waals surface area contributed by atoms with Crippen LogP contribution in [0.3, 0.4) is 0 Å². The Morgan fingerprint density at radius 2 is 1.90 bits per heavy atom. The lowest BCUT2D eigenvalue weighted by atomic mass is 10.1. The van der Waals surface area contributed by atoms with E-state index in [-0.39, 0.29) is 11.8 Å². The molecule has 1 fully saturated rings. The zero-order chi connectivity index (χ0) is 14.4. The first-order valence-electron chi connectivity index (χ1n) is 7.24. The predicted octanol–water partition coefficient (Wildman–Crippen LogP) is 3.24. The molecule has 0 saturated carbocycles. The van der Waals surface area contributed by atoms with Crippen molar-refractivity contribution in [3.8, 4) is 23.5 Å². The van der Waals surface area contributed by atoms with Crippen LogP contribution in [-0.4, -0.2) is 12.5 Å². The highest BCUT2D eigenvalue weighted by atomic mass is 16.2. The van der Waals surface area contributed by atoms with Crippen LogP contribution in [-0.2, 0) is 11.2 Å². The molecule has 1 aliphatic carbocycles. The summed E-state index contributed by atoms with van der Waals surface area (Å²) in [6.45, 7) is 0.640. The molecule has 2 aromatic rings. The molecule has 1 unspecified atom stereocenters. The van der Waals surface area contributed by atoms with Gasteiger partial charge in [0.15, 0.2) is 0 Å². The third-order valence-electron chi connectivity index (χ3n) is 4.45. The highest BCUT2D eigenvalue weighted by Gasteiger charge is 2.30. The topological polar surface area (TPSA) is 20.3 Å². The fourth-order valence-electron chi connectivity index (χ4n) is 3.37. The molecule has 21 heavy (non-hydrogen) atoms. The second-order valence-electron chi connectivity index (χ2n) is 5.75. The van der Waals surface area contributed by atoms with Crippen LogP contribution >= 0.6 is 0 Å². The van der Waals surface area contributed by atoms with Gasteiger partial charge >= 0.3 is 0 Å². The van der Waals surface area contributed by atoms with Crippen molar-refractivity contribution >= 4 is 11.6 Å². The Bertz CT molecular complexity index is 784. The van der Waals surface area contributed by atoms with Crippen LogP contribution in [0.15, 0.2) is 42.5 Å². The summed E-state index contributed by atoms with van der Waals surface area (Å²) in [5, 5.41) is 0. The molecule has 1 heterocycles. The van der Waals surface area contributed by atoms with Crippen LogP contribution in [0.1, 0.15) is 17.5 Å². The molecule has 1 amide bonds. The Morgan fingerprint density at radius 3 is 2.71 bits per heavy atom. The number of hydrogen-bond donors (Lipinski definition) is 0. The number of fused-ring (bicyclic) bond motifs is 3. The Kier molecular flexibility index (Phi) is 2.62. The van der Waals surface area contributed by atoms with Gasteiger partial charge in [0.25, 0.3) is 0 Å². The van der Waals surface area contributed by atoms with Gasteiger partial charge in [0.05, 0.1) is 0 Å². The molecule has 0 spiro atoms. The molecule has 2 heteroatoms. The number of amides is 1. The van der Waals surface area contributed by atoms with E-state index in [9.17, 15) is 4.79 Å². The molecule has 4 rings (SSSR count). The van der Waals surface area contributed by atoms with Crippen molar-refractivity contribution in [2.24, 2.45) is 5.92 Å². The van der Waals surface area contributed by atoms with Gasteiger partial charge in [0.1, 0.15) is 0 Å². The molecule has 0 aromatic heterocycles. The van der Waals surface area contributed by atoms with E-state index < -0.39 is 0 Å². The van der Waals surface area contributed by atoms with Crippen molar-refractivity contribution in [2.45, 2.75) is 12.8 Å². The van der Waals surface area contributed by atoms with Crippen LogP contribution in [0, 0.1) is 18.3 Å². The minimum absolute atomic E-state index is 0.0444. The molecule has 0 N–H and O–H groups in total. The normalized spacial score (nSPS) is 19.3. The van der Waals surface area contributed by atoms with Gasteiger partial charge in [-0.1, -0.05) is 30.3 Å². The number of rotatable bonds is 1. The zero-order valence-electron chi connectivity index (χ0n) is 11.7. The molecule has 1 atom stereocenters. The van der Waals surface area contributed by atoms with E-state index in [4.69, 9.17) is 6.42 Å². The van der Waals surface area contributed by atoms with Crippen LogP contribution in [0.25, 0.3) is 11.1 Å². The average molecular weight is 273 g/mol. The number of carbonyl (C=O) groups is 1. The van der Waals surface area contributed by atoms with Gasteiger partial charge < -0.3 is 4.90 Å². The van der Waals surface area contributed by atoms with Gasteiger partial charge in [0.2, 0.25) is 5.91 Å². The smallest absolute Gasteiger partial charge is 0.228 e. The van der Waals surface area contributed by atoms with E-state index in [1.807, 2.05) is 11.0 Å². The predicted molar refractivity (Wildman–Crippen MR) is 84.0 cm³/mol. The minimum Gasteiger partial charge on any atom is -0.311 e. The van der Waals surface area contributed by atoms with Crippen LogP contribution in [0.2, 0.25) is 0 Å². The van der Waals surface area contributed by atoms with Gasteiger partial charge in [-0.3, -0.25) is 4.79 Å². The number of anilines is 1. The number of nitrogens with zero attached hydrogens (tertiary/aromatic N) is 1. The number of hydrogen-bond acceptors (Lipinski definition) is 1. The van der Waals surface area contributed by atoms with E-state index in [1.54, 1.807) is 0 Å². The number of terminal acetylenes is 1. The largest absolute Gasteiger partial charge is 0.311 e. The van der Waals surface area contributed by atoms with Crippen molar-refractivity contribution in [1.29, 1.82) is 0 Å². The van der Waals surface area contributed by atoms with Crippen molar-refractivity contribution < 1.29 is 4.79 Å². The highest BCUT2D eigenvalue weighted by Crippen LogP contribution is 2.39. The third kappa shape index (κ3) is 1.86. The summed E-state index contributed by atoms with van der Waals surface area (Å²) in [7, 11) is 0. The SMILES string of the molecule is C#CC1CC(=O)N(c2ccc3c(c2)Cc2ccccc2-3)C1. The van der Waals surface area contributed by atoms with Crippen LogP contribution in [0.4, 0.5) is 5.69 Å². The Labute approximate surface area is 124 Å². The number of carbonyl (C=O) groups excluding carboxylic acids is 1. The summed E-state index contributed by atoms with van der Waals surface area (Å²) in [4.78, 5) is 13.9. The lowest BCUT2D eigenvalue weighted by Gasteiger charge is -2.17. The van der Waals surface area contributed by atoms with Crippen molar-refractivity contribution in [3.05, 3.63) is 53.6 Å². The molecule has 0 bridgehead atoms. The molecule has 2 aliphatic rings. The van der Waals surface area contributed by atoms with Gasteiger partial charge in [-0.2, -0.15) is 0 Å². The average Bonchev–Trinajstić information content (AvgIpc) is 3.06. The van der Waals surface area contributed by atoms with Crippen LogP contribution < -0.4 is 4.90 Å². The molecule has 1 saturated heterocycles. The van der Waals surface area contributed by atoms with Crippen LogP contribution in [0.5, 0.6) is 0 Å². The van der Waals surface area contributed by atoms with Crippen molar-refractivity contribution in [1.82, 2.24) is 0 Å². The quantitative estimate of drug-likeness (QED) is 0.623. The van der Waals surface area contributed by atoms with Gasteiger partial charge in [-0.05, 0) is 40.8 Å². The molecule has 1 aliphatic heterocycles. The monoisotopic (exact) mass is 273 g/mol. The summed E-state index contributed by atoms with van der Waals surface area (Å²) in [5.74, 6) is 2.88. The maximum absolute atomic E-state index is 12.1. The molecule has 2 nitrogen and oxygen atoms in total. The van der Waals surface area contributed by atoms with E-state index in [1.165, 1.54) is 22.3 Å². The first kappa shape index (κ1) is 12.2. The van der Waals surface area contributed by atoms with E-state index in [0.717, 1.165) is 12.1 Å². The maximum Gasteiger partial charge on any atom is 0.228 e. The molecular weight excluding hydrogens is 258 g/mol. The first-order valence-corrected chi connectivity index (χ1v) is 7.24. The Morgan fingerprint density at radius 1 is 1.10 bits per heavy atom. The Balaban J connectivity index is 1.71. The summed E-state index contributed by atoms with van der Waals surface area (Å²) < 4.78 is 0. The van der Waals surface area contributed by atoms with E-state index in [0.29, 0.717) is 13.0 Å². The molecule has 102 valence electrons. The zero-order valence-corrected chi connectivity index (χ0v) is 11.7. The minimum atomic E-state index is 0.0444. The molecule has 2 aromatic carbocycles. The van der Waals surface area contributed by atoms with E-state index in [2.05, 4.69) is 42.3 Å². The lowest BCUT2D eigenvalue weighted by Crippen LogP contribution is -2.24. The summed E-state index contributed by atoms with van der Waals surface area (Å²) in [6, 6.07) is 14.8. The molecular formula is C19H15NO.